The summed E-state index contributed by atoms with van der Waals surface area (Å²) in [5.41, 5.74) is 1.23. The Morgan fingerprint density at radius 1 is 1.28 bits per heavy atom. The van der Waals surface area contributed by atoms with Crippen molar-refractivity contribution < 1.29 is 4.74 Å². The molecule has 0 unspecified atom stereocenters. The smallest absolute Gasteiger partial charge is 0.119 e. The lowest BCUT2D eigenvalue weighted by molar-refractivity contribution is 0.340. The van der Waals surface area contributed by atoms with Gasteiger partial charge >= 0.3 is 0 Å². The van der Waals surface area contributed by atoms with Gasteiger partial charge in [-0.2, -0.15) is 0 Å². The van der Waals surface area contributed by atoms with Crippen LogP contribution in [0.4, 0.5) is 0 Å². The maximum absolute atomic E-state index is 5.88. The molecular weight excluding hydrogens is 266 g/mol. The average Bonchev–Trinajstić information content (AvgIpc) is 2.76. The number of halogens is 1. The lowest BCUT2D eigenvalue weighted by Crippen LogP contribution is -2.11. The molecule has 0 amide bonds. The summed E-state index contributed by atoms with van der Waals surface area (Å²) in [5.74, 6) is 0.927. The summed E-state index contributed by atoms with van der Waals surface area (Å²) in [5, 5.41) is 6.16. The standard InChI is InChI=1S/C14H16ClNOS/c1-2-17-13-5-3-4-11(6-13)8-16-9-14-7-12(15)10-18-14/h3-7,10,16H,2,8-9H2,1H3. The van der Waals surface area contributed by atoms with Crippen LogP contribution in [0.25, 0.3) is 0 Å². The van der Waals surface area contributed by atoms with Crippen molar-refractivity contribution in [1.29, 1.82) is 0 Å². The SMILES string of the molecule is CCOc1cccc(CNCc2cc(Cl)cs2)c1. The summed E-state index contributed by atoms with van der Waals surface area (Å²) >= 11 is 7.55. The highest BCUT2D eigenvalue weighted by molar-refractivity contribution is 7.10. The molecule has 0 atom stereocenters. The summed E-state index contributed by atoms with van der Waals surface area (Å²) in [4.78, 5) is 1.25. The number of benzene rings is 1. The molecule has 18 heavy (non-hydrogen) atoms. The molecule has 0 radical (unpaired) electrons. The Hall–Kier alpha value is -1.03. The van der Waals surface area contributed by atoms with Gasteiger partial charge in [-0.25, -0.2) is 0 Å². The number of hydrogen-bond acceptors (Lipinski definition) is 3. The molecule has 0 saturated carbocycles. The maximum Gasteiger partial charge on any atom is 0.119 e. The van der Waals surface area contributed by atoms with Crippen LogP contribution in [-0.4, -0.2) is 6.61 Å². The van der Waals surface area contributed by atoms with Gasteiger partial charge in [-0.15, -0.1) is 11.3 Å². The van der Waals surface area contributed by atoms with Crippen LogP contribution in [-0.2, 0) is 13.1 Å². The third-order valence-electron chi connectivity index (χ3n) is 2.46. The van der Waals surface area contributed by atoms with E-state index in [1.165, 1.54) is 10.4 Å². The van der Waals surface area contributed by atoms with E-state index in [4.69, 9.17) is 16.3 Å². The van der Waals surface area contributed by atoms with Gasteiger partial charge in [0.15, 0.2) is 0 Å². The fourth-order valence-electron chi connectivity index (χ4n) is 1.69. The Bertz CT molecular complexity index is 498. The second-order valence-electron chi connectivity index (χ2n) is 3.92. The van der Waals surface area contributed by atoms with Crippen molar-refractivity contribution in [3.05, 3.63) is 51.2 Å². The quantitative estimate of drug-likeness (QED) is 0.861. The molecule has 1 heterocycles. The van der Waals surface area contributed by atoms with Crippen LogP contribution in [0.15, 0.2) is 35.7 Å². The van der Waals surface area contributed by atoms with Gasteiger partial charge in [0.25, 0.3) is 0 Å². The minimum Gasteiger partial charge on any atom is -0.494 e. The molecule has 0 fully saturated rings. The Morgan fingerprint density at radius 2 is 2.17 bits per heavy atom. The van der Waals surface area contributed by atoms with Crippen molar-refractivity contribution >= 4 is 22.9 Å². The van der Waals surface area contributed by atoms with Gasteiger partial charge < -0.3 is 10.1 Å². The zero-order chi connectivity index (χ0) is 12.8. The van der Waals surface area contributed by atoms with Gasteiger partial charge in [-0.05, 0) is 30.7 Å². The molecular formula is C14H16ClNOS. The van der Waals surface area contributed by atoms with Gasteiger partial charge in [0.2, 0.25) is 0 Å². The van der Waals surface area contributed by atoms with Crippen LogP contribution in [0.2, 0.25) is 5.02 Å². The molecule has 2 rings (SSSR count). The largest absolute Gasteiger partial charge is 0.494 e. The molecule has 1 aromatic heterocycles. The summed E-state index contributed by atoms with van der Waals surface area (Å²) in [6.07, 6.45) is 0. The highest BCUT2D eigenvalue weighted by atomic mass is 35.5. The molecule has 2 aromatic rings. The summed E-state index contributed by atoms with van der Waals surface area (Å²) in [7, 11) is 0. The molecule has 0 spiro atoms. The molecule has 0 aliphatic heterocycles. The molecule has 0 aliphatic rings. The molecule has 0 bridgehead atoms. The molecule has 1 N–H and O–H groups in total. The Kier molecular flexibility index (Phi) is 5.05. The fraction of sp³-hybridized carbons (Fsp3) is 0.286. The van der Waals surface area contributed by atoms with E-state index in [1.54, 1.807) is 11.3 Å². The summed E-state index contributed by atoms with van der Waals surface area (Å²) < 4.78 is 5.47. The molecule has 0 saturated heterocycles. The van der Waals surface area contributed by atoms with Crippen LogP contribution in [0.5, 0.6) is 5.75 Å². The second kappa shape index (κ2) is 6.78. The number of nitrogens with one attached hydrogen (secondary N) is 1. The normalized spacial score (nSPS) is 10.6. The lowest BCUT2D eigenvalue weighted by Gasteiger charge is -2.07. The minimum absolute atomic E-state index is 0.699. The first-order valence-electron chi connectivity index (χ1n) is 5.93. The number of ether oxygens (including phenoxy) is 1. The number of hydrogen-bond donors (Lipinski definition) is 1. The van der Waals surface area contributed by atoms with Gasteiger partial charge in [0.1, 0.15) is 5.75 Å². The van der Waals surface area contributed by atoms with E-state index in [9.17, 15) is 0 Å². The summed E-state index contributed by atoms with van der Waals surface area (Å²) in [6.45, 7) is 4.36. The van der Waals surface area contributed by atoms with Crippen LogP contribution in [0, 0.1) is 0 Å². The van der Waals surface area contributed by atoms with E-state index < -0.39 is 0 Å². The third-order valence-corrected chi connectivity index (χ3v) is 3.74. The topological polar surface area (TPSA) is 21.3 Å². The highest BCUT2D eigenvalue weighted by Gasteiger charge is 1.99. The Morgan fingerprint density at radius 3 is 2.89 bits per heavy atom. The van der Waals surface area contributed by atoms with Crippen LogP contribution < -0.4 is 10.1 Å². The first kappa shape index (κ1) is 13.4. The zero-order valence-corrected chi connectivity index (χ0v) is 11.9. The van der Waals surface area contributed by atoms with Crippen molar-refractivity contribution in [2.45, 2.75) is 20.0 Å². The van der Waals surface area contributed by atoms with E-state index in [0.717, 1.165) is 23.9 Å². The van der Waals surface area contributed by atoms with Crippen molar-refractivity contribution in [2.75, 3.05) is 6.61 Å². The fourth-order valence-corrected chi connectivity index (χ4v) is 2.73. The van der Waals surface area contributed by atoms with Crippen molar-refractivity contribution in [3.8, 4) is 5.75 Å². The van der Waals surface area contributed by atoms with Gasteiger partial charge in [-0.3, -0.25) is 0 Å². The Balaban J connectivity index is 1.84. The Labute approximate surface area is 117 Å². The van der Waals surface area contributed by atoms with Crippen LogP contribution >= 0.6 is 22.9 Å². The van der Waals surface area contributed by atoms with Gasteiger partial charge in [0, 0.05) is 23.3 Å². The van der Waals surface area contributed by atoms with Gasteiger partial charge in [0.05, 0.1) is 11.6 Å². The predicted octanol–water partition coefficient (Wildman–Crippen LogP) is 4.09. The highest BCUT2D eigenvalue weighted by Crippen LogP contribution is 2.19. The van der Waals surface area contributed by atoms with E-state index in [-0.39, 0.29) is 0 Å². The van der Waals surface area contributed by atoms with Gasteiger partial charge in [-0.1, -0.05) is 23.7 Å². The molecule has 96 valence electrons. The van der Waals surface area contributed by atoms with E-state index in [1.807, 2.05) is 30.5 Å². The zero-order valence-electron chi connectivity index (χ0n) is 10.3. The number of rotatable bonds is 6. The average molecular weight is 282 g/mol. The van der Waals surface area contributed by atoms with E-state index in [2.05, 4.69) is 17.4 Å². The first-order valence-corrected chi connectivity index (χ1v) is 7.19. The van der Waals surface area contributed by atoms with Crippen LogP contribution in [0.3, 0.4) is 0 Å². The van der Waals surface area contributed by atoms with Crippen molar-refractivity contribution in [3.63, 3.8) is 0 Å². The summed E-state index contributed by atoms with van der Waals surface area (Å²) in [6, 6.07) is 10.2. The second-order valence-corrected chi connectivity index (χ2v) is 5.35. The van der Waals surface area contributed by atoms with Crippen molar-refractivity contribution in [2.24, 2.45) is 0 Å². The maximum atomic E-state index is 5.88. The lowest BCUT2D eigenvalue weighted by atomic mass is 10.2. The first-order chi connectivity index (χ1) is 8.78. The molecule has 4 heteroatoms. The number of thiophene rings is 1. The minimum atomic E-state index is 0.699. The predicted molar refractivity (Wildman–Crippen MR) is 77.5 cm³/mol. The monoisotopic (exact) mass is 281 g/mol. The molecule has 0 aliphatic carbocycles. The molecule has 1 aromatic carbocycles. The van der Waals surface area contributed by atoms with Crippen LogP contribution in [0.1, 0.15) is 17.4 Å². The molecule has 2 nitrogen and oxygen atoms in total. The third kappa shape index (κ3) is 4.02. The van der Waals surface area contributed by atoms with E-state index >= 15 is 0 Å². The van der Waals surface area contributed by atoms with Crippen molar-refractivity contribution in [1.82, 2.24) is 5.32 Å². The van der Waals surface area contributed by atoms with E-state index in [0.29, 0.717) is 6.61 Å².